The molecule has 0 bridgehead atoms. The molecule has 0 saturated carbocycles. The van der Waals surface area contributed by atoms with Crippen LogP contribution in [0.15, 0.2) is 24.5 Å². The SMILES string of the molecule is Cn1ccc(C(=O)N2CCCN(c3nccc(C#N)n3)CC2)n1. The number of amides is 1. The first-order chi connectivity index (χ1) is 11.2. The van der Waals surface area contributed by atoms with E-state index in [-0.39, 0.29) is 5.91 Å². The van der Waals surface area contributed by atoms with E-state index in [0.717, 1.165) is 13.0 Å². The van der Waals surface area contributed by atoms with Crippen molar-refractivity contribution in [3.63, 3.8) is 0 Å². The third-order valence-electron chi connectivity index (χ3n) is 3.76. The molecule has 0 unspecified atom stereocenters. The monoisotopic (exact) mass is 311 g/mol. The Morgan fingerprint density at radius 3 is 2.87 bits per heavy atom. The summed E-state index contributed by atoms with van der Waals surface area (Å²) in [5.41, 5.74) is 0.810. The van der Waals surface area contributed by atoms with Gasteiger partial charge in [-0.05, 0) is 18.6 Å². The molecule has 8 nitrogen and oxygen atoms in total. The maximum absolute atomic E-state index is 12.5. The Labute approximate surface area is 134 Å². The lowest BCUT2D eigenvalue weighted by atomic mass is 10.3. The van der Waals surface area contributed by atoms with E-state index in [4.69, 9.17) is 5.26 Å². The molecule has 1 fully saturated rings. The molecule has 1 saturated heterocycles. The number of carbonyl (C=O) groups is 1. The lowest BCUT2D eigenvalue weighted by molar-refractivity contribution is 0.0760. The predicted molar refractivity (Wildman–Crippen MR) is 82.7 cm³/mol. The number of rotatable bonds is 2. The van der Waals surface area contributed by atoms with Crippen LogP contribution in [0.3, 0.4) is 0 Å². The molecule has 0 radical (unpaired) electrons. The summed E-state index contributed by atoms with van der Waals surface area (Å²) >= 11 is 0. The number of aryl methyl sites for hydroxylation is 1. The largest absolute Gasteiger partial charge is 0.339 e. The van der Waals surface area contributed by atoms with E-state index in [2.05, 4.69) is 15.1 Å². The fourth-order valence-corrected chi connectivity index (χ4v) is 2.57. The lowest BCUT2D eigenvalue weighted by Gasteiger charge is -2.21. The predicted octanol–water partition coefficient (Wildman–Crippen LogP) is 0.434. The Hall–Kier alpha value is -2.95. The van der Waals surface area contributed by atoms with E-state index in [1.54, 1.807) is 41.2 Å². The smallest absolute Gasteiger partial charge is 0.274 e. The maximum Gasteiger partial charge on any atom is 0.274 e. The van der Waals surface area contributed by atoms with Crippen molar-refractivity contribution in [3.8, 4) is 6.07 Å². The molecule has 0 N–H and O–H groups in total. The summed E-state index contributed by atoms with van der Waals surface area (Å²) in [5, 5.41) is 13.1. The molecule has 23 heavy (non-hydrogen) atoms. The van der Waals surface area contributed by atoms with Gasteiger partial charge in [-0.2, -0.15) is 10.4 Å². The van der Waals surface area contributed by atoms with Crippen molar-refractivity contribution >= 4 is 11.9 Å². The third-order valence-corrected chi connectivity index (χ3v) is 3.76. The van der Waals surface area contributed by atoms with Gasteiger partial charge in [-0.3, -0.25) is 9.48 Å². The Balaban J connectivity index is 1.69. The minimum absolute atomic E-state index is 0.0563. The topological polar surface area (TPSA) is 90.9 Å². The van der Waals surface area contributed by atoms with E-state index in [9.17, 15) is 4.79 Å². The van der Waals surface area contributed by atoms with E-state index >= 15 is 0 Å². The number of anilines is 1. The van der Waals surface area contributed by atoms with Crippen LogP contribution in [0, 0.1) is 11.3 Å². The van der Waals surface area contributed by atoms with Crippen molar-refractivity contribution in [3.05, 3.63) is 35.9 Å². The number of aromatic nitrogens is 4. The molecule has 2 aromatic heterocycles. The summed E-state index contributed by atoms with van der Waals surface area (Å²) in [7, 11) is 1.79. The van der Waals surface area contributed by atoms with Gasteiger partial charge in [-0.1, -0.05) is 0 Å². The summed E-state index contributed by atoms with van der Waals surface area (Å²) in [6.45, 7) is 2.63. The Kier molecular flexibility index (Phi) is 4.19. The number of hydrogen-bond acceptors (Lipinski definition) is 6. The zero-order valence-corrected chi connectivity index (χ0v) is 12.9. The fraction of sp³-hybridized carbons (Fsp3) is 0.400. The molecule has 1 amide bonds. The number of nitrogens with zero attached hydrogens (tertiary/aromatic N) is 7. The normalized spacial score (nSPS) is 15.1. The average molecular weight is 311 g/mol. The fourth-order valence-electron chi connectivity index (χ4n) is 2.57. The quantitative estimate of drug-likeness (QED) is 0.799. The molecule has 118 valence electrons. The summed E-state index contributed by atoms with van der Waals surface area (Å²) in [5.74, 6) is 0.482. The van der Waals surface area contributed by atoms with E-state index in [0.29, 0.717) is 37.0 Å². The molecule has 2 aromatic rings. The van der Waals surface area contributed by atoms with Gasteiger partial charge in [0.25, 0.3) is 5.91 Å². The molecule has 0 spiro atoms. The molecule has 0 aliphatic carbocycles. The van der Waals surface area contributed by atoms with Gasteiger partial charge in [-0.25, -0.2) is 9.97 Å². The van der Waals surface area contributed by atoms with Crippen molar-refractivity contribution in [1.29, 1.82) is 5.26 Å². The molecule has 8 heteroatoms. The van der Waals surface area contributed by atoms with Crippen molar-refractivity contribution < 1.29 is 4.79 Å². The molecule has 1 aliphatic rings. The van der Waals surface area contributed by atoms with Gasteiger partial charge in [0.2, 0.25) is 5.95 Å². The lowest BCUT2D eigenvalue weighted by Crippen LogP contribution is -2.35. The Morgan fingerprint density at radius 2 is 2.13 bits per heavy atom. The minimum atomic E-state index is -0.0563. The molecular formula is C15H17N7O. The van der Waals surface area contributed by atoms with Gasteiger partial charge >= 0.3 is 0 Å². The van der Waals surface area contributed by atoms with Crippen LogP contribution < -0.4 is 4.90 Å². The van der Waals surface area contributed by atoms with Gasteiger partial charge in [0.15, 0.2) is 0 Å². The number of hydrogen-bond donors (Lipinski definition) is 0. The molecule has 3 rings (SSSR count). The highest BCUT2D eigenvalue weighted by Crippen LogP contribution is 2.13. The van der Waals surface area contributed by atoms with Crippen LogP contribution in [-0.4, -0.2) is 56.7 Å². The molecule has 1 aliphatic heterocycles. The van der Waals surface area contributed by atoms with Crippen molar-refractivity contribution in [2.45, 2.75) is 6.42 Å². The first-order valence-electron chi connectivity index (χ1n) is 7.44. The van der Waals surface area contributed by atoms with Crippen molar-refractivity contribution in [2.24, 2.45) is 7.05 Å². The van der Waals surface area contributed by atoms with Crippen LogP contribution in [0.25, 0.3) is 0 Å². The highest BCUT2D eigenvalue weighted by Gasteiger charge is 2.22. The molecule has 0 aromatic carbocycles. The zero-order chi connectivity index (χ0) is 16.2. The van der Waals surface area contributed by atoms with Gasteiger partial charge in [0.05, 0.1) is 0 Å². The first-order valence-corrected chi connectivity index (χ1v) is 7.44. The minimum Gasteiger partial charge on any atom is -0.339 e. The highest BCUT2D eigenvalue weighted by molar-refractivity contribution is 5.92. The standard InChI is InChI=1S/C15H17N7O/c1-20-8-4-13(19-20)14(23)21-6-2-7-22(10-9-21)15-17-5-3-12(11-16)18-15/h3-5,8H,2,6-7,9-10H2,1H3. The van der Waals surface area contributed by atoms with Crippen LogP contribution in [-0.2, 0) is 7.05 Å². The Morgan fingerprint density at radius 1 is 1.26 bits per heavy atom. The summed E-state index contributed by atoms with van der Waals surface area (Å²) in [6, 6.07) is 5.33. The van der Waals surface area contributed by atoms with Crippen LogP contribution in [0.4, 0.5) is 5.95 Å². The van der Waals surface area contributed by atoms with Crippen molar-refractivity contribution in [1.82, 2.24) is 24.6 Å². The third kappa shape index (κ3) is 3.29. The molecule has 3 heterocycles. The van der Waals surface area contributed by atoms with Crippen LogP contribution in [0.5, 0.6) is 0 Å². The maximum atomic E-state index is 12.5. The van der Waals surface area contributed by atoms with Crippen LogP contribution in [0.1, 0.15) is 22.6 Å². The second-order valence-corrected chi connectivity index (χ2v) is 5.36. The number of nitriles is 1. The van der Waals surface area contributed by atoms with Gasteiger partial charge in [-0.15, -0.1) is 0 Å². The van der Waals surface area contributed by atoms with E-state index < -0.39 is 0 Å². The molecule has 0 atom stereocenters. The first kappa shape index (κ1) is 15.0. The summed E-state index contributed by atoms with van der Waals surface area (Å²) < 4.78 is 1.62. The zero-order valence-electron chi connectivity index (χ0n) is 12.9. The summed E-state index contributed by atoms with van der Waals surface area (Å²) in [6.07, 6.45) is 4.17. The molecular weight excluding hydrogens is 294 g/mol. The van der Waals surface area contributed by atoms with Gasteiger partial charge in [0, 0.05) is 45.6 Å². The Bertz CT molecular complexity index is 748. The second-order valence-electron chi connectivity index (χ2n) is 5.36. The average Bonchev–Trinajstić information content (AvgIpc) is 2.86. The second kappa shape index (κ2) is 6.44. The van der Waals surface area contributed by atoms with Crippen LogP contribution >= 0.6 is 0 Å². The summed E-state index contributed by atoms with van der Waals surface area (Å²) in [4.78, 5) is 24.7. The van der Waals surface area contributed by atoms with Crippen molar-refractivity contribution in [2.75, 3.05) is 31.1 Å². The van der Waals surface area contributed by atoms with E-state index in [1.807, 2.05) is 11.0 Å². The highest BCUT2D eigenvalue weighted by atomic mass is 16.2. The van der Waals surface area contributed by atoms with Gasteiger partial charge < -0.3 is 9.80 Å². The number of carbonyl (C=O) groups excluding carboxylic acids is 1. The van der Waals surface area contributed by atoms with Gasteiger partial charge in [0.1, 0.15) is 17.5 Å². The van der Waals surface area contributed by atoms with Crippen LogP contribution in [0.2, 0.25) is 0 Å². The van der Waals surface area contributed by atoms with E-state index in [1.165, 1.54) is 0 Å².